The van der Waals surface area contributed by atoms with Gasteiger partial charge in [0, 0.05) is 23.6 Å². The lowest BCUT2D eigenvalue weighted by Crippen LogP contribution is -2.19. The number of ether oxygens (including phenoxy) is 1. The summed E-state index contributed by atoms with van der Waals surface area (Å²) in [6.45, 7) is 4.70. The zero-order chi connectivity index (χ0) is 14.0. The Labute approximate surface area is 124 Å². The minimum Gasteiger partial charge on any atom is -0.495 e. The molecule has 2 aromatic heterocycles. The number of hydrogen-bond acceptors (Lipinski definition) is 4. The highest BCUT2D eigenvalue weighted by Gasteiger charge is 2.09. The Hall–Kier alpha value is -1.14. The smallest absolute Gasteiger partial charge is 0.254 e. The van der Waals surface area contributed by atoms with E-state index in [0.717, 1.165) is 15.2 Å². The van der Waals surface area contributed by atoms with Gasteiger partial charge in [0.1, 0.15) is 5.75 Å². The second kappa shape index (κ2) is 5.88. The quantitative estimate of drug-likeness (QED) is 0.856. The van der Waals surface area contributed by atoms with Crippen molar-refractivity contribution >= 4 is 27.3 Å². The van der Waals surface area contributed by atoms with E-state index in [0.29, 0.717) is 18.2 Å². The van der Waals surface area contributed by atoms with Gasteiger partial charge in [-0.25, -0.2) is 4.98 Å². The van der Waals surface area contributed by atoms with Gasteiger partial charge in [-0.05, 0) is 15.9 Å². The molecule has 0 atom stereocenters. The van der Waals surface area contributed by atoms with E-state index >= 15 is 0 Å². The molecule has 0 aromatic carbocycles. The Bertz CT molecular complexity index is 634. The molecule has 0 N–H and O–H groups in total. The van der Waals surface area contributed by atoms with Gasteiger partial charge >= 0.3 is 0 Å². The molecule has 2 rings (SSSR count). The fraction of sp³-hybridized carbons (Fsp3) is 0.385. The van der Waals surface area contributed by atoms with Crippen LogP contribution in [0, 0.1) is 0 Å². The van der Waals surface area contributed by atoms with E-state index in [2.05, 4.69) is 34.8 Å². The number of methoxy groups -OCH3 is 1. The van der Waals surface area contributed by atoms with E-state index in [9.17, 15) is 4.79 Å². The van der Waals surface area contributed by atoms with Gasteiger partial charge in [-0.2, -0.15) is 0 Å². The summed E-state index contributed by atoms with van der Waals surface area (Å²) in [4.78, 5) is 16.5. The number of halogens is 1. The molecule has 0 unspecified atom stereocenters. The van der Waals surface area contributed by atoms with Gasteiger partial charge in [-0.15, -0.1) is 11.3 Å². The zero-order valence-corrected chi connectivity index (χ0v) is 13.4. The molecule has 19 heavy (non-hydrogen) atoms. The standard InChI is InChI=1S/C13H15BrN2O2S/c1-8(2)13-15-9(7-19-13)5-16-6-10(14)11(18-3)4-12(16)17/h4,6-8H,5H2,1-3H3. The van der Waals surface area contributed by atoms with Crippen molar-refractivity contribution in [2.75, 3.05) is 7.11 Å². The SMILES string of the molecule is COc1cc(=O)n(Cc2csc(C(C)C)n2)cc1Br. The average Bonchev–Trinajstić information content (AvgIpc) is 2.82. The molecule has 4 nitrogen and oxygen atoms in total. The topological polar surface area (TPSA) is 44.1 Å². The first kappa shape index (κ1) is 14.3. The fourth-order valence-corrected chi connectivity index (χ4v) is 2.99. The molecule has 0 aliphatic rings. The lowest BCUT2D eigenvalue weighted by atomic mass is 10.2. The minimum atomic E-state index is -0.0980. The van der Waals surface area contributed by atoms with Crippen molar-refractivity contribution in [3.63, 3.8) is 0 Å². The Morgan fingerprint density at radius 2 is 2.26 bits per heavy atom. The summed E-state index contributed by atoms with van der Waals surface area (Å²) >= 11 is 5.01. The summed E-state index contributed by atoms with van der Waals surface area (Å²) in [5.74, 6) is 0.959. The largest absolute Gasteiger partial charge is 0.495 e. The third-order valence-corrected chi connectivity index (χ3v) is 4.45. The third kappa shape index (κ3) is 3.25. The van der Waals surface area contributed by atoms with Crippen LogP contribution in [0.2, 0.25) is 0 Å². The van der Waals surface area contributed by atoms with Crippen LogP contribution in [0.15, 0.2) is 26.9 Å². The lowest BCUT2D eigenvalue weighted by Gasteiger charge is -2.07. The second-order valence-electron chi connectivity index (χ2n) is 4.49. The Kier molecular flexibility index (Phi) is 4.42. The highest BCUT2D eigenvalue weighted by molar-refractivity contribution is 9.10. The molecule has 2 heterocycles. The predicted octanol–water partition coefficient (Wildman–Crippen LogP) is 3.25. The van der Waals surface area contributed by atoms with Gasteiger partial charge < -0.3 is 9.30 Å². The fourth-order valence-electron chi connectivity index (χ4n) is 1.64. The van der Waals surface area contributed by atoms with Crippen LogP contribution in [0.25, 0.3) is 0 Å². The molecular formula is C13H15BrN2O2S. The first-order valence-electron chi connectivity index (χ1n) is 5.89. The maximum Gasteiger partial charge on any atom is 0.254 e. The van der Waals surface area contributed by atoms with E-state index in [4.69, 9.17) is 4.74 Å². The molecule has 2 aromatic rings. The van der Waals surface area contributed by atoms with Gasteiger partial charge in [0.25, 0.3) is 5.56 Å². The predicted molar refractivity (Wildman–Crippen MR) is 80.3 cm³/mol. The maximum absolute atomic E-state index is 11.9. The number of thiazole rings is 1. The molecule has 0 bridgehead atoms. The maximum atomic E-state index is 11.9. The third-order valence-electron chi connectivity index (χ3n) is 2.66. The van der Waals surface area contributed by atoms with Crippen LogP contribution in [0.5, 0.6) is 5.75 Å². The average molecular weight is 343 g/mol. The Morgan fingerprint density at radius 3 is 2.84 bits per heavy atom. The molecule has 0 radical (unpaired) electrons. The van der Waals surface area contributed by atoms with Crippen LogP contribution < -0.4 is 10.3 Å². The summed E-state index contributed by atoms with van der Waals surface area (Å²) in [7, 11) is 1.54. The van der Waals surface area contributed by atoms with Crippen LogP contribution in [0.4, 0.5) is 0 Å². The van der Waals surface area contributed by atoms with Crippen molar-refractivity contribution in [3.05, 3.63) is 43.2 Å². The normalized spacial score (nSPS) is 11.0. The van der Waals surface area contributed by atoms with Crippen LogP contribution in [-0.2, 0) is 6.54 Å². The van der Waals surface area contributed by atoms with Crippen molar-refractivity contribution in [3.8, 4) is 5.75 Å². The van der Waals surface area contributed by atoms with Gasteiger partial charge in [0.2, 0.25) is 0 Å². The molecule has 0 amide bonds. The number of aromatic nitrogens is 2. The monoisotopic (exact) mass is 342 g/mol. The summed E-state index contributed by atoms with van der Waals surface area (Å²) < 4.78 is 7.47. The van der Waals surface area contributed by atoms with E-state index in [1.54, 1.807) is 29.2 Å². The number of rotatable bonds is 4. The highest BCUT2D eigenvalue weighted by atomic mass is 79.9. The summed E-state index contributed by atoms with van der Waals surface area (Å²) in [6, 6.07) is 1.47. The van der Waals surface area contributed by atoms with Gasteiger partial charge in [-0.3, -0.25) is 4.79 Å². The van der Waals surface area contributed by atoms with Gasteiger partial charge in [0.15, 0.2) is 0 Å². The summed E-state index contributed by atoms with van der Waals surface area (Å²) in [5, 5.41) is 3.09. The van der Waals surface area contributed by atoms with E-state index in [-0.39, 0.29) is 5.56 Å². The summed E-state index contributed by atoms with van der Waals surface area (Å²) in [5.41, 5.74) is 0.812. The van der Waals surface area contributed by atoms with Gasteiger partial charge in [-0.1, -0.05) is 13.8 Å². The molecule has 0 aliphatic carbocycles. The summed E-state index contributed by atoms with van der Waals surface area (Å²) in [6.07, 6.45) is 1.73. The Balaban J connectivity index is 2.28. The molecule has 0 spiro atoms. The number of nitrogens with zero attached hydrogens (tertiary/aromatic N) is 2. The van der Waals surface area contributed by atoms with Crippen molar-refractivity contribution in [2.24, 2.45) is 0 Å². The second-order valence-corrected chi connectivity index (χ2v) is 6.23. The van der Waals surface area contributed by atoms with Crippen molar-refractivity contribution in [2.45, 2.75) is 26.3 Å². The van der Waals surface area contributed by atoms with Crippen LogP contribution >= 0.6 is 27.3 Å². The molecule has 0 aliphatic heterocycles. The van der Waals surface area contributed by atoms with Crippen LogP contribution in [0.1, 0.15) is 30.5 Å². The minimum absolute atomic E-state index is 0.0980. The van der Waals surface area contributed by atoms with Crippen molar-refractivity contribution in [1.29, 1.82) is 0 Å². The number of hydrogen-bond donors (Lipinski definition) is 0. The van der Waals surface area contributed by atoms with Crippen LogP contribution in [0.3, 0.4) is 0 Å². The molecular weight excluding hydrogens is 328 g/mol. The number of pyridine rings is 1. The molecule has 0 saturated heterocycles. The Morgan fingerprint density at radius 1 is 1.53 bits per heavy atom. The molecule has 0 fully saturated rings. The van der Waals surface area contributed by atoms with E-state index in [1.807, 2.05) is 5.38 Å². The van der Waals surface area contributed by atoms with E-state index < -0.39 is 0 Å². The molecule has 6 heteroatoms. The first-order valence-corrected chi connectivity index (χ1v) is 7.56. The highest BCUT2D eigenvalue weighted by Crippen LogP contribution is 2.23. The zero-order valence-electron chi connectivity index (χ0n) is 11.0. The van der Waals surface area contributed by atoms with Crippen molar-refractivity contribution in [1.82, 2.24) is 9.55 Å². The lowest BCUT2D eigenvalue weighted by molar-refractivity contribution is 0.409. The molecule has 102 valence electrons. The van der Waals surface area contributed by atoms with E-state index in [1.165, 1.54) is 6.07 Å². The van der Waals surface area contributed by atoms with Gasteiger partial charge in [0.05, 0.1) is 28.8 Å². The first-order chi connectivity index (χ1) is 9.01. The van der Waals surface area contributed by atoms with Crippen molar-refractivity contribution < 1.29 is 4.74 Å². The molecule has 0 saturated carbocycles. The van der Waals surface area contributed by atoms with Crippen LogP contribution in [-0.4, -0.2) is 16.7 Å².